The van der Waals surface area contributed by atoms with Crippen molar-refractivity contribution < 1.29 is 9.59 Å². The lowest BCUT2D eigenvalue weighted by molar-refractivity contribution is 0.0942. The molecule has 22 heavy (non-hydrogen) atoms. The summed E-state index contributed by atoms with van der Waals surface area (Å²) in [6.45, 7) is 5.60. The maximum absolute atomic E-state index is 12.2. The largest absolute Gasteiger partial charge is 0.350 e. The van der Waals surface area contributed by atoms with Crippen molar-refractivity contribution in [3.8, 4) is 0 Å². The molecule has 0 fully saturated rings. The highest BCUT2D eigenvalue weighted by molar-refractivity contribution is 6.05. The molecule has 2 rings (SSSR count). The van der Waals surface area contributed by atoms with Crippen LogP contribution in [0.2, 0.25) is 0 Å². The smallest absolute Gasteiger partial charge is 0.259 e. The molecule has 0 aliphatic carbocycles. The zero-order valence-electron chi connectivity index (χ0n) is 13.2. The molecule has 0 saturated carbocycles. The molecular weight excluding hydrogens is 280 g/mol. The van der Waals surface area contributed by atoms with E-state index in [-0.39, 0.29) is 17.9 Å². The normalized spacial score (nSPS) is 10.6. The van der Waals surface area contributed by atoms with Crippen LogP contribution >= 0.6 is 0 Å². The third-order valence-corrected chi connectivity index (χ3v) is 3.08. The van der Waals surface area contributed by atoms with Crippen molar-refractivity contribution in [2.45, 2.75) is 26.8 Å². The first kappa shape index (κ1) is 15.8. The van der Waals surface area contributed by atoms with Crippen molar-refractivity contribution in [2.24, 2.45) is 7.05 Å². The Morgan fingerprint density at radius 3 is 2.27 bits per heavy atom. The molecule has 0 saturated heterocycles. The first-order valence-corrected chi connectivity index (χ1v) is 7.09. The highest BCUT2D eigenvalue weighted by Crippen LogP contribution is 2.13. The second kappa shape index (κ2) is 6.43. The Bertz CT molecular complexity index is 687. The zero-order valence-corrected chi connectivity index (χ0v) is 13.2. The maximum atomic E-state index is 12.2. The van der Waals surface area contributed by atoms with E-state index in [2.05, 4.69) is 15.7 Å². The summed E-state index contributed by atoms with van der Waals surface area (Å²) >= 11 is 0. The van der Waals surface area contributed by atoms with Gasteiger partial charge >= 0.3 is 0 Å². The molecule has 0 atom stereocenters. The molecule has 2 aromatic rings. The van der Waals surface area contributed by atoms with Gasteiger partial charge in [-0.1, -0.05) is 0 Å². The summed E-state index contributed by atoms with van der Waals surface area (Å²) in [6, 6.07) is 6.87. The zero-order chi connectivity index (χ0) is 16.3. The van der Waals surface area contributed by atoms with Crippen molar-refractivity contribution in [1.82, 2.24) is 15.1 Å². The van der Waals surface area contributed by atoms with Crippen LogP contribution < -0.4 is 10.6 Å². The SMILES string of the molecule is Cc1nn(C)cc1C(=O)Nc1ccc(C(=O)NC(C)C)cc1. The molecule has 1 aromatic carbocycles. The minimum atomic E-state index is -0.218. The number of nitrogens with one attached hydrogen (secondary N) is 2. The van der Waals surface area contributed by atoms with Crippen molar-refractivity contribution in [3.63, 3.8) is 0 Å². The van der Waals surface area contributed by atoms with E-state index in [1.807, 2.05) is 13.8 Å². The molecule has 0 bridgehead atoms. The van der Waals surface area contributed by atoms with Gasteiger partial charge in [-0.25, -0.2) is 0 Å². The van der Waals surface area contributed by atoms with Crippen LogP contribution in [0, 0.1) is 6.92 Å². The van der Waals surface area contributed by atoms with Gasteiger partial charge < -0.3 is 10.6 Å². The fraction of sp³-hybridized carbons (Fsp3) is 0.312. The summed E-state index contributed by atoms with van der Waals surface area (Å²) in [6.07, 6.45) is 1.68. The van der Waals surface area contributed by atoms with E-state index in [1.54, 1.807) is 49.1 Å². The van der Waals surface area contributed by atoms with Gasteiger partial charge in [-0.3, -0.25) is 14.3 Å². The molecule has 2 amide bonds. The van der Waals surface area contributed by atoms with Crippen LogP contribution in [0.3, 0.4) is 0 Å². The number of amides is 2. The lowest BCUT2D eigenvalue weighted by atomic mass is 10.1. The van der Waals surface area contributed by atoms with E-state index in [0.29, 0.717) is 22.5 Å². The van der Waals surface area contributed by atoms with E-state index in [9.17, 15) is 9.59 Å². The van der Waals surface area contributed by atoms with Gasteiger partial charge in [0.05, 0.1) is 11.3 Å². The molecule has 0 aliphatic rings. The molecule has 6 heteroatoms. The Labute approximate surface area is 129 Å². The van der Waals surface area contributed by atoms with Gasteiger partial charge in [-0.2, -0.15) is 5.10 Å². The van der Waals surface area contributed by atoms with E-state index < -0.39 is 0 Å². The maximum Gasteiger partial charge on any atom is 0.259 e. The summed E-state index contributed by atoms with van der Waals surface area (Å²) < 4.78 is 1.60. The summed E-state index contributed by atoms with van der Waals surface area (Å²) in [5, 5.41) is 9.75. The van der Waals surface area contributed by atoms with Crippen LogP contribution in [0.4, 0.5) is 5.69 Å². The number of rotatable bonds is 4. The number of aryl methyl sites for hydroxylation is 2. The van der Waals surface area contributed by atoms with Crippen LogP contribution in [-0.4, -0.2) is 27.6 Å². The highest BCUT2D eigenvalue weighted by atomic mass is 16.2. The molecule has 6 nitrogen and oxygen atoms in total. The Morgan fingerprint density at radius 2 is 1.77 bits per heavy atom. The van der Waals surface area contributed by atoms with Crippen molar-refractivity contribution in [2.75, 3.05) is 5.32 Å². The van der Waals surface area contributed by atoms with Crippen molar-refractivity contribution in [3.05, 3.63) is 47.3 Å². The number of aromatic nitrogens is 2. The number of nitrogens with zero attached hydrogens (tertiary/aromatic N) is 2. The van der Waals surface area contributed by atoms with E-state index in [1.165, 1.54) is 0 Å². The molecule has 116 valence electrons. The lowest BCUT2D eigenvalue weighted by Crippen LogP contribution is -2.30. The average molecular weight is 300 g/mol. The number of hydrogen-bond donors (Lipinski definition) is 2. The van der Waals surface area contributed by atoms with Crippen LogP contribution in [0.5, 0.6) is 0 Å². The number of carbonyl (C=O) groups is 2. The Hall–Kier alpha value is -2.63. The van der Waals surface area contributed by atoms with Crippen LogP contribution in [0.15, 0.2) is 30.5 Å². The second-order valence-corrected chi connectivity index (χ2v) is 5.46. The highest BCUT2D eigenvalue weighted by Gasteiger charge is 2.13. The van der Waals surface area contributed by atoms with Gasteiger partial charge in [-0.15, -0.1) is 0 Å². The molecule has 0 unspecified atom stereocenters. The fourth-order valence-corrected chi connectivity index (χ4v) is 2.07. The number of anilines is 1. The molecule has 0 aliphatic heterocycles. The minimum absolute atomic E-state index is 0.0837. The Morgan fingerprint density at radius 1 is 1.14 bits per heavy atom. The van der Waals surface area contributed by atoms with Crippen molar-refractivity contribution in [1.29, 1.82) is 0 Å². The quantitative estimate of drug-likeness (QED) is 0.908. The van der Waals surface area contributed by atoms with Gasteiger partial charge in [0.2, 0.25) is 0 Å². The van der Waals surface area contributed by atoms with E-state index >= 15 is 0 Å². The van der Waals surface area contributed by atoms with Gasteiger partial charge in [0.25, 0.3) is 11.8 Å². The number of benzene rings is 1. The van der Waals surface area contributed by atoms with E-state index in [0.717, 1.165) is 0 Å². The van der Waals surface area contributed by atoms with Crippen LogP contribution in [0.1, 0.15) is 40.3 Å². The standard InChI is InChI=1S/C16H20N4O2/c1-10(2)17-15(21)12-5-7-13(8-6-12)18-16(22)14-9-20(4)19-11(14)3/h5-10H,1-4H3,(H,17,21)(H,18,22). The average Bonchev–Trinajstić information content (AvgIpc) is 2.78. The molecular formula is C16H20N4O2. The Kier molecular flexibility index (Phi) is 4.60. The molecule has 2 N–H and O–H groups in total. The number of hydrogen-bond acceptors (Lipinski definition) is 3. The van der Waals surface area contributed by atoms with Gasteiger partial charge in [0.15, 0.2) is 0 Å². The van der Waals surface area contributed by atoms with Crippen LogP contribution in [-0.2, 0) is 7.05 Å². The topological polar surface area (TPSA) is 76.0 Å². The van der Waals surface area contributed by atoms with Crippen molar-refractivity contribution >= 4 is 17.5 Å². The van der Waals surface area contributed by atoms with E-state index in [4.69, 9.17) is 0 Å². The predicted octanol–water partition coefficient (Wildman–Crippen LogP) is 2.12. The predicted molar refractivity (Wildman–Crippen MR) is 84.9 cm³/mol. The summed E-state index contributed by atoms with van der Waals surface area (Å²) in [5.41, 5.74) is 2.40. The summed E-state index contributed by atoms with van der Waals surface area (Å²) in [4.78, 5) is 24.0. The second-order valence-electron chi connectivity index (χ2n) is 5.46. The summed E-state index contributed by atoms with van der Waals surface area (Å²) in [7, 11) is 1.77. The monoisotopic (exact) mass is 300 g/mol. The third kappa shape index (κ3) is 3.72. The van der Waals surface area contributed by atoms with Gasteiger partial charge in [-0.05, 0) is 45.0 Å². The third-order valence-electron chi connectivity index (χ3n) is 3.08. The fourth-order valence-electron chi connectivity index (χ4n) is 2.07. The van der Waals surface area contributed by atoms with Gasteiger partial charge in [0.1, 0.15) is 0 Å². The molecule has 0 spiro atoms. The molecule has 1 aromatic heterocycles. The Balaban J connectivity index is 2.06. The lowest BCUT2D eigenvalue weighted by Gasteiger charge is -2.09. The number of carbonyl (C=O) groups excluding carboxylic acids is 2. The van der Waals surface area contributed by atoms with Crippen LogP contribution in [0.25, 0.3) is 0 Å². The summed E-state index contributed by atoms with van der Waals surface area (Å²) in [5.74, 6) is -0.346. The first-order chi connectivity index (χ1) is 10.4. The molecule has 1 heterocycles. The first-order valence-electron chi connectivity index (χ1n) is 7.09. The van der Waals surface area contributed by atoms with Gasteiger partial charge in [0, 0.05) is 30.5 Å². The molecule has 0 radical (unpaired) electrons. The minimum Gasteiger partial charge on any atom is -0.350 e.